The lowest BCUT2D eigenvalue weighted by Gasteiger charge is -2.12. The summed E-state index contributed by atoms with van der Waals surface area (Å²) in [7, 11) is 0. The van der Waals surface area contributed by atoms with Gasteiger partial charge in [-0.3, -0.25) is 5.10 Å². The van der Waals surface area contributed by atoms with E-state index in [0.29, 0.717) is 11.3 Å². The highest BCUT2D eigenvalue weighted by atomic mass is 19.4. The molecular formula is C13H13F3N2O. The zero-order valence-corrected chi connectivity index (χ0v) is 9.98. The SMILES string of the molecule is OC(CCC(F)(F)F)c1cn[nH]c1-c1ccccc1. The largest absolute Gasteiger partial charge is 0.389 e. The summed E-state index contributed by atoms with van der Waals surface area (Å²) < 4.78 is 36.4. The topological polar surface area (TPSA) is 48.9 Å². The number of aliphatic hydroxyl groups is 1. The lowest BCUT2D eigenvalue weighted by Crippen LogP contribution is -2.10. The van der Waals surface area contributed by atoms with E-state index in [1.807, 2.05) is 18.2 Å². The van der Waals surface area contributed by atoms with Crippen molar-refractivity contribution in [2.24, 2.45) is 0 Å². The average molecular weight is 270 g/mol. The summed E-state index contributed by atoms with van der Waals surface area (Å²) in [5.74, 6) is 0. The number of hydrogen-bond acceptors (Lipinski definition) is 2. The van der Waals surface area contributed by atoms with E-state index in [1.54, 1.807) is 12.1 Å². The van der Waals surface area contributed by atoms with Crippen molar-refractivity contribution in [3.63, 3.8) is 0 Å². The van der Waals surface area contributed by atoms with Crippen LogP contribution >= 0.6 is 0 Å². The van der Waals surface area contributed by atoms with Crippen LogP contribution in [0.4, 0.5) is 13.2 Å². The first kappa shape index (κ1) is 13.6. The summed E-state index contributed by atoms with van der Waals surface area (Å²) in [5.41, 5.74) is 1.71. The van der Waals surface area contributed by atoms with Crippen LogP contribution in [0.3, 0.4) is 0 Å². The maximum atomic E-state index is 12.1. The van der Waals surface area contributed by atoms with Gasteiger partial charge in [0, 0.05) is 12.0 Å². The minimum absolute atomic E-state index is 0.372. The first-order chi connectivity index (χ1) is 8.97. The zero-order chi connectivity index (χ0) is 13.9. The van der Waals surface area contributed by atoms with Crippen molar-refractivity contribution >= 4 is 0 Å². The van der Waals surface area contributed by atoms with Crippen LogP contribution in [0.1, 0.15) is 24.5 Å². The number of benzene rings is 1. The molecule has 0 saturated heterocycles. The molecule has 0 aliphatic heterocycles. The molecule has 1 unspecified atom stereocenters. The van der Waals surface area contributed by atoms with Crippen molar-refractivity contribution in [1.82, 2.24) is 10.2 Å². The van der Waals surface area contributed by atoms with Crippen LogP contribution in [0.2, 0.25) is 0 Å². The van der Waals surface area contributed by atoms with Gasteiger partial charge in [0.25, 0.3) is 0 Å². The molecule has 2 rings (SSSR count). The number of nitrogens with one attached hydrogen (secondary N) is 1. The van der Waals surface area contributed by atoms with Gasteiger partial charge in [0.1, 0.15) is 0 Å². The maximum absolute atomic E-state index is 12.1. The number of hydrogen-bond donors (Lipinski definition) is 2. The van der Waals surface area contributed by atoms with Gasteiger partial charge in [-0.05, 0) is 12.0 Å². The van der Waals surface area contributed by atoms with Crippen LogP contribution in [0.15, 0.2) is 36.5 Å². The second-order valence-corrected chi connectivity index (χ2v) is 4.24. The van der Waals surface area contributed by atoms with E-state index in [9.17, 15) is 18.3 Å². The van der Waals surface area contributed by atoms with Crippen LogP contribution in [0.25, 0.3) is 11.3 Å². The number of aromatic nitrogens is 2. The molecule has 1 aromatic heterocycles. The Bertz CT molecular complexity index is 522. The molecule has 2 aromatic rings. The number of halogens is 3. The third-order valence-corrected chi connectivity index (χ3v) is 2.79. The quantitative estimate of drug-likeness (QED) is 0.894. The number of aliphatic hydroxyl groups excluding tert-OH is 1. The summed E-state index contributed by atoms with van der Waals surface area (Å²) in [5, 5.41) is 16.4. The Morgan fingerprint density at radius 3 is 2.53 bits per heavy atom. The second kappa shape index (κ2) is 5.44. The van der Waals surface area contributed by atoms with Crippen LogP contribution in [-0.2, 0) is 0 Å². The Balaban J connectivity index is 2.16. The molecule has 0 aliphatic carbocycles. The van der Waals surface area contributed by atoms with Gasteiger partial charge in [-0.1, -0.05) is 30.3 Å². The maximum Gasteiger partial charge on any atom is 0.389 e. The highest BCUT2D eigenvalue weighted by Gasteiger charge is 2.29. The Morgan fingerprint density at radius 1 is 1.21 bits per heavy atom. The lowest BCUT2D eigenvalue weighted by molar-refractivity contribution is -0.140. The first-order valence-electron chi connectivity index (χ1n) is 5.81. The number of rotatable bonds is 4. The third-order valence-electron chi connectivity index (χ3n) is 2.79. The fourth-order valence-electron chi connectivity index (χ4n) is 1.84. The van der Waals surface area contributed by atoms with Crippen molar-refractivity contribution < 1.29 is 18.3 Å². The van der Waals surface area contributed by atoms with Crippen LogP contribution in [0, 0.1) is 0 Å². The Labute approximate surface area is 108 Å². The van der Waals surface area contributed by atoms with E-state index in [1.165, 1.54) is 6.20 Å². The molecule has 0 saturated carbocycles. The molecule has 0 spiro atoms. The van der Waals surface area contributed by atoms with Gasteiger partial charge >= 0.3 is 6.18 Å². The minimum Gasteiger partial charge on any atom is -0.388 e. The molecule has 0 bridgehead atoms. The van der Waals surface area contributed by atoms with Crippen LogP contribution in [-0.4, -0.2) is 21.5 Å². The van der Waals surface area contributed by atoms with Crippen molar-refractivity contribution in [3.05, 3.63) is 42.1 Å². The number of alkyl halides is 3. The molecule has 19 heavy (non-hydrogen) atoms. The van der Waals surface area contributed by atoms with Crippen molar-refractivity contribution in [2.45, 2.75) is 25.1 Å². The highest BCUT2D eigenvalue weighted by molar-refractivity contribution is 5.62. The Morgan fingerprint density at radius 2 is 1.89 bits per heavy atom. The monoisotopic (exact) mass is 270 g/mol. The molecule has 1 heterocycles. The van der Waals surface area contributed by atoms with E-state index in [0.717, 1.165) is 5.56 Å². The van der Waals surface area contributed by atoms with Crippen LogP contribution < -0.4 is 0 Å². The van der Waals surface area contributed by atoms with Gasteiger partial charge in [-0.15, -0.1) is 0 Å². The summed E-state index contributed by atoms with van der Waals surface area (Å²) >= 11 is 0. The molecule has 6 heteroatoms. The highest BCUT2D eigenvalue weighted by Crippen LogP contribution is 2.31. The predicted molar refractivity (Wildman–Crippen MR) is 64.3 cm³/mol. The van der Waals surface area contributed by atoms with E-state index < -0.39 is 18.7 Å². The van der Waals surface area contributed by atoms with E-state index in [2.05, 4.69) is 10.2 Å². The molecule has 3 nitrogen and oxygen atoms in total. The van der Waals surface area contributed by atoms with Crippen molar-refractivity contribution in [2.75, 3.05) is 0 Å². The summed E-state index contributed by atoms with van der Waals surface area (Å²) in [4.78, 5) is 0. The normalized spacial score (nSPS) is 13.5. The Kier molecular flexibility index (Phi) is 3.90. The average Bonchev–Trinajstić information content (AvgIpc) is 2.85. The van der Waals surface area contributed by atoms with E-state index in [4.69, 9.17) is 0 Å². The summed E-state index contributed by atoms with van der Waals surface area (Å²) in [6.45, 7) is 0. The number of aromatic amines is 1. The van der Waals surface area contributed by atoms with Gasteiger partial charge in [0.2, 0.25) is 0 Å². The lowest BCUT2D eigenvalue weighted by atomic mass is 10.0. The van der Waals surface area contributed by atoms with Crippen molar-refractivity contribution in [3.8, 4) is 11.3 Å². The molecule has 1 aromatic carbocycles. The van der Waals surface area contributed by atoms with Gasteiger partial charge in [-0.25, -0.2) is 0 Å². The van der Waals surface area contributed by atoms with Gasteiger partial charge in [0.15, 0.2) is 0 Å². The second-order valence-electron chi connectivity index (χ2n) is 4.24. The molecule has 1 atom stereocenters. The smallest absolute Gasteiger partial charge is 0.388 e. The number of nitrogens with zero attached hydrogens (tertiary/aromatic N) is 1. The fourth-order valence-corrected chi connectivity index (χ4v) is 1.84. The van der Waals surface area contributed by atoms with Crippen LogP contribution in [0.5, 0.6) is 0 Å². The summed E-state index contributed by atoms with van der Waals surface area (Å²) in [6.07, 6.45) is -5.48. The van der Waals surface area contributed by atoms with Gasteiger partial charge < -0.3 is 5.11 Å². The Hall–Kier alpha value is -1.82. The third kappa shape index (κ3) is 3.57. The van der Waals surface area contributed by atoms with E-state index in [-0.39, 0.29) is 6.42 Å². The molecular weight excluding hydrogens is 257 g/mol. The fraction of sp³-hybridized carbons (Fsp3) is 0.308. The molecule has 2 N–H and O–H groups in total. The molecule has 102 valence electrons. The first-order valence-corrected chi connectivity index (χ1v) is 5.81. The van der Waals surface area contributed by atoms with Gasteiger partial charge in [0.05, 0.1) is 18.0 Å². The zero-order valence-electron chi connectivity index (χ0n) is 9.98. The molecule has 0 amide bonds. The molecule has 0 fully saturated rings. The predicted octanol–water partition coefficient (Wildman–Crippen LogP) is 3.45. The minimum atomic E-state index is -4.27. The van der Waals surface area contributed by atoms with E-state index >= 15 is 0 Å². The molecule has 0 aliphatic rings. The number of H-pyrrole nitrogens is 1. The summed E-state index contributed by atoms with van der Waals surface area (Å²) in [6, 6.07) is 9.05. The van der Waals surface area contributed by atoms with Gasteiger partial charge in [-0.2, -0.15) is 18.3 Å². The molecule has 0 radical (unpaired) electrons. The standard InChI is InChI=1S/C13H13F3N2O/c14-13(15,16)7-6-11(19)10-8-17-18-12(10)9-4-2-1-3-5-9/h1-5,8,11,19H,6-7H2,(H,17,18). The van der Waals surface area contributed by atoms with Crippen molar-refractivity contribution in [1.29, 1.82) is 0 Å².